The summed E-state index contributed by atoms with van der Waals surface area (Å²) in [6, 6.07) is 4.50. The molecule has 0 aliphatic carbocycles. The van der Waals surface area contributed by atoms with E-state index in [1.54, 1.807) is 30.0 Å². The third-order valence-electron chi connectivity index (χ3n) is 3.44. The van der Waals surface area contributed by atoms with Crippen LogP contribution in [-0.4, -0.2) is 55.2 Å². The van der Waals surface area contributed by atoms with Gasteiger partial charge in [-0.1, -0.05) is 6.92 Å². The van der Waals surface area contributed by atoms with Crippen molar-refractivity contribution in [1.29, 1.82) is 0 Å². The summed E-state index contributed by atoms with van der Waals surface area (Å²) in [4.78, 5) is 25.0. The monoisotopic (exact) mass is 360 g/mol. The molecule has 1 aromatic rings. The van der Waals surface area contributed by atoms with Crippen molar-refractivity contribution in [3.63, 3.8) is 0 Å². The summed E-state index contributed by atoms with van der Waals surface area (Å²) in [5.74, 6) is -0.167. The van der Waals surface area contributed by atoms with Crippen LogP contribution in [-0.2, 0) is 9.59 Å². The maximum absolute atomic E-state index is 12.4. The van der Waals surface area contributed by atoms with Gasteiger partial charge in [0.25, 0.3) is 0 Å². The Morgan fingerprint density at radius 2 is 1.96 bits per heavy atom. The molecule has 0 bridgehead atoms. The van der Waals surface area contributed by atoms with Crippen molar-refractivity contribution >= 4 is 30.0 Å². The molecule has 0 heterocycles. The van der Waals surface area contributed by atoms with Crippen LogP contribution in [0.25, 0.3) is 0 Å². The Morgan fingerprint density at radius 1 is 1.29 bits per heavy atom. The van der Waals surface area contributed by atoms with Gasteiger partial charge in [0.2, 0.25) is 5.91 Å². The van der Waals surface area contributed by atoms with E-state index in [1.807, 2.05) is 6.92 Å². The molecule has 0 spiro atoms. The lowest BCUT2D eigenvalue weighted by Crippen LogP contribution is -2.45. The number of rotatable bonds is 9. The van der Waals surface area contributed by atoms with E-state index in [2.05, 4.69) is 5.32 Å². The molecule has 2 N–H and O–H groups in total. The van der Waals surface area contributed by atoms with Crippen molar-refractivity contribution in [2.24, 2.45) is 0 Å². The molecular weight excluding hydrogens is 336 g/mol. The summed E-state index contributed by atoms with van der Waals surface area (Å²) in [7, 11) is 3.04. The van der Waals surface area contributed by atoms with Crippen LogP contribution >= 0.6 is 12.4 Å². The number of ether oxygens (including phenoxy) is 2. The minimum absolute atomic E-state index is 0. The number of amides is 1. The number of nitrogens with zero attached hydrogens (tertiary/aromatic N) is 1. The van der Waals surface area contributed by atoms with Crippen molar-refractivity contribution < 1.29 is 24.2 Å². The Labute approximate surface area is 148 Å². The maximum Gasteiger partial charge on any atom is 0.317 e. The van der Waals surface area contributed by atoms with Gasteiger partial charge in [0.1, 0.15) is 11.5 Å². The molecule has 0 aromatic heterocycles. The van der Waals surface area contributed by atoms with Gasteiger partial charge in [-0.2, -0.15) is 0 Å². The number of carbonyl (C=O) groups is 2. The predicted molar refractivity (Wildman–Crippen MR) is 94.4 cm³/mol. The number of benzene rings is 1. The van der Waals surface area contributed by atoms with Crippen LogP contribution in [0.15, 0.2) is 18.2 Å². The highest BCUT2D eigenvalue weighted by Gasteiger charge is 2.23. The first-order valence-corrected chi connectivity index (χ1v) is 7.41. The molecule has 1 aromatic carbocycles. The summed E-state index contributed by atoms with van der Waals surface area (Å²) in [6.45, 7) is 3.96. The van der Waals surface area contributed by atoms with Crippen LogP contribution in [0.5, 0.6) is 11.5 Å². The molecular formula is C16H25ClN2O5. The Bertz CT molecular complexity index is 553. The minimum Gasteiger partial charge on any atom is -0.497 e. The van der Waals surface area contributed by atoms with E-state index < -0.39 is 12.0 Å². The molecule has 136 valence electrons. The van der Waals surface area contributed by atoms with Gasteiger partial charge in [-0.05, 0) is 32.0 Å². The Balaban J connectivity index is 0.00000529. The van der Waals surface area contributed by atoms with Gasteiger partial charge in [0, 0.05) is 6.07 Å². The number of aliphatic carboxylic acids is 1. The fourth-order valence-electron chi connectivity index (χ4n) is 2.19. The van der Waals surface area contributed by atoms with Gasteiger partial charge in [-0.25, -0.2) is 0 Å². The van der Waals surface area contributed by atoms with Crippen molar-refractivity contribution in [3.05, 3.63) is 18.2 Å². The predicted octanol–water partition coefficient (Wildman–Crippen LogP) is 2.25. The number of carboxylic acids is 1. The zero-order valence-electron chi connectivity index (χ0n) is 14.4. The maximum atomic E-state index is 12.4. The molecule has 24 heavy (non-hydrogen) atoms. The second-order valence-electron chi connectivity index (χ2n) is 5.10. The first-order chi connectivity index (χ1) is 10.9. The zero-order valence-corrected chi connectivity index (χ0v) is 15.2. The first-order valence-electron chi connectivity index (χ1n) is 7.41. The van der Waals surface area contributed by atoms with Crippen molar-refractivity contribution in [2.75, 3.05) is 32.6 Å². The van der Waals surface area contributed by atoms with Gasteiger partial charge in [0.05, 0.1) is 32.5 Å². The average Bonchev–Trinajstić information content (AvgIpc) is 2.53. The lowest BCUT2D eigenvalue weighted by molar-refractivity contribution is -0.139. The Kier molecular flexibility index (Phi) is 9.83. The van der Waals surface area contributed by atoms with Gasteiger partial charge in [0.15, 0.2) is 0 Å². The van der Waals surface area contributed by atoms with Crippen LogP contribution in [0.2, 0.25) is 0 Å². The molecule has 0 aliphatic heterocycles. The van der Waals surface area contributed by atoms with Crippen molar-refractivity contribution in [3.8, 4) is 11.5 Å². The molecule has 1 atom stereocenters. The van der Waals surface area contributed by atoms with Crippen LogP contribution in [0, 0.1) is 0 Å². The molecule has 1 rings (SSSR count). The Morgan fingerprint density at radius 3 is 2.46 bits per heavy atom. The van der Waals surface area contributed by atoms with Crippen LogP contribution in [0.3, 0.4) is 0 Å². The molecule has 0 saturated carbocycles. The number of hydrogen-bond acceptors (Lipinski definition) is 5. The second kappa shape index (κ2) is 10.7. The quantitative estimate of drug-likeness (QED) is 0.702. The smallest absolute Gasteiger partial charge is 0.317 e. The standard InChI is InChI=1S/C16H24N2O5.ClH/c1-5-8-18(10-15(19)20)11(2)16(21)17-13-9-12(22-3)6-7-14(13)23-4;/h6-7,9,11H,5,8,10H2,1-4H3,(H,17,21)(H,19,20);1H. The fraction of sp³-hybridized carbons (Fsp3) is 0.500. The van der Waals surface area contributed by atoms with Gasteiger partial charge < -0.3 is 19.9 Å². The van der Waals surface area contributed by atoms with E-state index in [-0.39, 0.29) is 24.9 Å². The lowest BCUT2D eigenvalue weighted by atomic mass is 10.2. The lowest BCUT2D eigenvalue weighted by Gasteiger charge is -2.26. The molecule has 0 saturated heterocycles. The van der Waals surface area contributed by atoms with Gasteiger partial charge in [-0.3, -0.25) is 14.5 Å². The van der Waals surface area contributed by atoms with E-state index in [0.717, 1.165) is 6.42 Å². The summed E-state index contributed by atoms with van der Waals surface area (Å²) in [5.41, 5.74) is 0.482. The molecule has 0 fully saturated rings. The third-order valence-corrected chi connectivity index (χ3v) is 3.44. The van der Waals surface area contributed by atoms with Crippen molar-refractivity contribution in [2.45, 2.75) is 26.3 Å². The van der Waals surface area contributed by atoms with E-state index in [1.165, 1.54) is 14.2 Å². The van der Waals surface area contributed by atoms with Gasteiger partial charge >= 0.3 is 5.97 Å². The molecule has 0 radical (unpaired) electrons. The zero-order chi connectivity index (χ0) is 17.4. The summed E-state index contributed by atoms with van der Waals surface area (Å²) in [5, 5.41) is 11.7. The molecule has 8 heteroatoms. The molecule has 7 nitrogen and oxygen atoms in total. The minimum atomic E-state index is -0.961. The Hall–Kier alpha value is -1.99. The number of carbonyl (C=O) groups excluding carboxylic acids is 1. The van der Waals surface area contributed by atoms with Crippen LogP contribution in [0.4, 0.5) is 5.69 Å². The second-order valence-corrected chi connectivity index (χ2v) is 5.10. The average molecular weight is 361 g/mol. The van der Waals surface area contributed by atoms with Crippen LogP contribution in [0.1, 0.15) is 20.3 Å². The number of anilines is 1. The number of nitrogens with one attached hydrogen (secondary N) is 1. The third kappa shape index (κ3) is 6.25. The molecule has 0 aliphatic rings. The molecule has 1 amide bonds. The molecule has 1 unspecified atom stereocenters. The first kappa shape index (κ1) is 22.0. The summed E-state index contributed by atoms with van der Waals surface area (Å²) in [6.07, 6.45) is 0.757. The number of methoxy groups -OCH3 is 2. The topological polar surface area (TPSA) is 88.1 Å². The summed E-state index contributed by atoms with van der Waals surface area (Å²) >= 11 is 0. The number of hydrogen-bond donors (Lipinski definition) is 2. The SMILES string of the molecule is CCCN(CC(=O)O)C(C)C(=O)Nc1cc(OC)ccc1OC.Cl. The van der Waals surface area contributed by atoms with Crippen LogP contribution < -0.4 is 14.8 Å². The van der Waals surface area contributed by atoms with Crippen molar-refractivity contribution in [1.82, 2.24) is 4.90 Å². The highest BCUT2D eigenvalue weighted by molar-refractivity contribution is 5.96. The number of halogens is 1. The van der Waals surface area contributed by atoms with Gasteiger partial charge in [-0.15, -0.1) is 12.4 Å². The normalized spacial score (nSPS) is 11.4. The number of carboxylic acid groups (broad SMARTS) is 1. The van der Waals surface area contributed by atoms with E-state index in [0.29, 0.717) is 23.7 Å². The largest absolute Gasteiger partial charge is 0.497 e. The van der Waals surface area contributed by atoms with E-state index in [9.17, 15) is 9.59 Å². The summed E-state index contributed by atoms with van der Waals surface area (Å²) < 4.78 is 10.4. The van der Waals surface area contributed by atoms with E-state index in [4.69, 9.17) is 14.6 Å². The highest BCUT2D eigenvalue weighted by Crippen LogP contribution is 2.29. The fourth-order valence-corrected chi connectivity index (χ4v) is 2.19. The van der Waals surface area contributed by atoms with E-state index >= 15 is 0 Å². The highest BCUT2D eigenvalue weighted by atomic mass is 35.5.